The van der Waals surface area contributed by atoms with Crippen molar-refractivity contribution in [3.05, 3.63) is 105 Å². The summed E-state index contributed by atoms with van der Waals surface area (Å²) in [4.78, 5) is 0. The van der Waals surface area contributed by atoms with Gasteiger partial charge in [0.15, 0.2) is 0 Å². The van der Waals surface area contributed by atoms with E-state index in [0.717, 1.165) is 31.1 Å². The molecular formula is C30H33ClF2. The molecule has 3 aromatic carbocycles. The predicted octanol–water partition coefficient (Wildman–Crippen LogP) is 8.87. The Morgan fingerprint density at radius 1 is 0.697 bits per heavy atom. The normalized spacial score (nSPS) is 18.4. The second-order valence-corrected chi connectivity index (χ2v) is 9.92. The van der Waals surface area contributed by atoms with E-state index in [0.29, 0.717) is 12.0 Å². The quantitative estimate of drug-likeness (QED) is 0.291. The zero-order valence-electron chi connectivity index (χ0n) is 19.4. The third kappa shape index (κ3) is 6.44. The highest BCUT2D eigenvalue weighted by molar-refractivity contribution is 6.30. The molecule has 0 nitrogen and oxygen atoms in total. The van der Waals surface area contributed by atoms with Crippen LogP contribution < -0.4 is 0 Å². The van der Waals surface area contributed by atoms with Crippen LogP contribution in [0.4, 0.5) is 8.78 Å². The molecular weight excluding hydrogens is 434 g/mol. The van der Waals surface area contributed by atoms with Gasteiger partial charge in [0.1, 0.15) is 16.7 Å². The highest BCUT2D eigenvalue weighted by Crippen LogP contribution is 2.37. The molecule has 0 aromatic heterocycles. The Kier molecular flexibility index (Phi) is 8.20. The fourth-order valence-corrected chi connectivity index (χ4v) is 5.20. The first kappa shape index (κ1) is 24.0. The second kappa shape index (κ2) is 11.3. The lowest BCUT2D eigenvalue weighted by Gasteiger charge is -2.29. The molecule has 0 saturated heterocycles. The van der Waals surface area contributed by atoms with Gasteiger partial charge in [-0.3, -0.25) is 0 Å². The molecule has 0 N–H and O–H groups in total. The molecule has 0 spiro atoms. The van der Waals surface area contributed by atoms with Gasteiger partial charge in [-0.15, -0.1) is 0 Å². The molecule has 3 heteroatoms. The van der Waals surface area contributed by atoms with Gasteiger partial charge in [-0.1, -0.05) is 67.1 Å². The van der Waals surface area contributed by atoms with Gasteiger partial charge >= 0.3 is 0 Å². The SMILES string of the molecule is CCc1ccc([C@H]2CC[C@H](CCc3ccc(CCc4cc(F)c(Cl)c(F)c4)cc3)CC2)cc1. The Balaban J connectivity index is 1.21. The van der Waals surface area contributed by atoms with Crippen molar-refractivity contribution >= 4 is 11.6 Å². The number of halogens is 3. The molecule has 174 valence electrons. The maximum Gasteiger partial charge on any atom is 0.145 e. The summed E-state index contributed by atoms with van der Waals surface area (Å²) in [5.74, 6) is 0.176. The van der Waals surface area contributed by atoms with Crippen LogP contribution in [0.3, 0.4) is 0 Å². The molecule has 0 unspecified atom stereocenters. The van der Waals surface area contributed by atoms with E-state index in [1.807, 2.05) is 0 Å². The van der Waals surface area contributed by atoms with E-state index in [9.17, 15) is 8.78 Å². The molecule has 4 rings (SSSR count). The average Bonchev–Trinajstić information content (AvgIpc) is 2.85. The Hall–Kier alpha value is -2.19. The minimum Gasteiger partial charge on any atom is -0.205 e. The summed E-state index contributed by atoms with van der Waals surface area (Å²) in [7, 11) is 0. The lowest BCUT2D eigenvalue weighted by atomic mass is 9.77. The lowest BCUT2D eigenvalue weighted by molar-refractivity contribution is 0.310. The van der Waals surface area contributed by atoms with Gasteiger partial charge in [0.05, 0.1) is 0 Å². The Labute approximate surface area is 202 Å². The van der Waals surface area contributed by atoms with Crippen molar-refractivity contribution in [2.75, 3.05) is 0 Å². The van der Waals surface area contributed by atoms with Crippen LogP contribution in [-0.4, -0.2) is 0 Å². The molecule has 0 aliphatic heterocycles. The first-order chi connectivity index (χ1) is 16.0. The molecule has 0 heterocycles. The van der Waals surface area contributed by atoms with Crippen LogP contribution in [0.25, 0.3) is 0 Å². The van der Waals surface area contributed by atoms with E-state index < -0.39 is 16.7 Å². The summed E-state index contributed by atoms with van der Waals surface area (Å²) < 4.78 is 27.2. The van der Waals surface area contributed by atoms with E-state index in [1.165, 1.54) is 66.5 Å². The topological polar surface area (TPSA) is 0 Å². The fraction of sp³-hybridized carbons (Fsp3) is 0.400. The zero-order chi connectivity index (χ0) is 23.2. The predicted molar refractivity (Wildman–Crippen MR) is 134 cm³/mol. The lowest BCUT2D eigenvalue weighted by Crippen LogP contribution is -2.14. The molecule has 0 amide bonds. The van der Waals surface area contributed by atoms with Gasteiger partial charge in [-0.25, -0.2) is 8.78 Å². The number of rotatable bonds is 8. The summed E-state index contributed by atoms with van der Waals surface area (Å²) in [6.07, 6.45) is 10.1. The molecule has 1 aliphatic carbocycles. The monoisotopic (exact) mass is 466 g/mol. The summed E-state index contributed by atoms with van der Waals surface area (Å²) in [5.41, 5.74) is 6.13. The van der Waals surface area contributed by atoms with Crippen LogP contribution in [0.2, 0.25) is 5.02 Å². The summed E-state index contributed by atoms with van der Waals surface area (Å²) in [5, 5.41) is -0.429. The average molecular weight is 467 g/mol. The molecule has 0 atom stereocenters. The smallest absolute Gasteiger partial charge is 0.145 e. The molecule has 0 radical (unpaired) electrons. The molecule has 1 fully saturated rings. The largest absolute Gasteiger partial charge is 0.205 e. The van der Waals surface area contributed by atoms with E-state index in [-0.39, 0.29) is 0 Å². The molecule has 0 bridgehead atoms. The summed E-state index contributed by atoms with van der Waals surface area (Å²) >= 11 is 5.57. The first-order valence-electron chi connectivity index (χ1n) is 12.3. The van der Waals surface area contributed by atoms with Crippen LogP contribution in [0, 0.1) is 17.6 Å². The van der Waals surface area contributed by atoms with Gasteiger partial charge in [-0.05, 0) is 110 Å². The van der Waals surface area contributed by atoms with Gasteiger partial charge in [0.25, 0.3) is 0 Å². The van der Waals surface area contributed by atoms with Crippen LogP contribution in [0.15, 0.2) is 60.7 Å². The second-order valence-electron chi connectivity index (χ2n) is 9.54. The van der Waals surface area contributed by atoms with E-state index in [1.54, 1.807) is 0 Å². The van der Waals surface area contributed by atoms with E-state index in [2.05, 4.69) is 55.5 Å². The van der Waals surface area contributed by atoms with Crippen LogP contribution in [0.5, 0.6) is 0 Å². The van der Waals surface area contributed by atoms with Crippen molar-refractivity contribution in [1.29, 1.82) is 0 Å². The van der Waals surface area contributed by atoms with Crippen molar-refractivity contribution in [2.45, 2.75) is 70.6 Å². The first-order valence-corrected chi connectivity index (χ1v) is 12.7. The van der Waals surface area contributed by atoms with Gasteiger partial charge in [-0.2, -0.15) is 0 Å². The van der Waals surface area contributed by atoms with Crippen LogP contribution in [0.1, 0.15) is 72.8 Å². The van der Waals surface area contributed by atoms with Crippen LogP contribution in [-0.2, 0) is 25.7 Å². The van der Waals surface area contributed by atoms with Gasteiger partial charge in [0, 0.05) is 0 Å². The Morgan fingerprint density at radius 3 is 1.79 bits per heavy atom. The maximum atomic E-state index is 13.6. The van der Waals surface area contributed by atoms with Crippen molar-refractivity contribution in [1.82, 2.24) is 0 Å². The van der Waals surface area contributed by atoms with Crippen molar-refractivity contribution in [3.63, 3.8) is 0 Å². The standard InChI is InChI=1S/C30H33ClF2/c1-2-21-11-15-26(16-12-21)27-17-13-24(14-18-27)8-7-22-3-5-23(6-4-22)9-10-25-19-28(32)30(31)29(33)20-25/h3-6,11-12,15-16,19-20,24,27H,2,7-10,13-14,17-18H2,1H3/t24-,27-. The Bertz CT molecular complexity index is 1010. The molecule has 1 aliphatic rings. The maximum absolute atomic E-state index is 13.6. The number of hydrogen-bond acceptors (Lipinski definition) is 0. The summed E-state index contributed by atoms with van der Waals surface area (Å²) in [6, 6.07) is 20.6. The van der Waals surface area contributed by atoms with Crippen molar-refractivity contribution in [3.8, 4) is 0 Å². The number of benzene rings is 3. The number of aryl methyl sites for hydroxylation is 4. The highest BCUT2D eigenvalue weighted by Gasteiger charge is 2.22. The van der Waals surface area contributed by atoms with Crippen molar-refractivity contribution < 1.29 is 8.78 Å². The minimum atomic E-state index is -0.689. The minimum absolute atomic E-state index is 0.429. The third-order valence-electron chi connectivity index (χ3n) is 7.32. The van der Waals surface area contributed by atoms with Gasteiger partial charge in [0.2, 0.25) is 0 Å². The number of hydrogen-bond donors (Lipinski definition) is 0. The molecule has 3 aromatic rings. The molecule has 33 heavy (non-hydrogen) atoms. The summed E-state index contributed by atoms with van der Waals surface area (Å²) in [6.45, 7) is 2.21. The third-order valence-corrected chi connectivity index (χ3v) is 7.68. The zero-order valence-corrected chi connectivity index (χ0v) is 20.2. The Morgan fingerprint density at radius 2 is 1.21 bits per heavy atom. The fourth-order valence-electron chi connectivity index (χ4n) is 5.09. The van der Waals surface area contributed by atoms with Gasteiger partial charge < -0.3 is 0 Å². The van der Waals surface area contributed by atoms with Crippen LogP contribution >= 0.6 is 11.6 Å². The van der Waals surface area contributed by atoms with E-state index >= 15 is 0 Å². The van der Waals surface area contributed by atoms with Crippen molar-refractivity contribution in [2.24, 2.45) is 5.92 Å². The van der Waals surface area contributed by atoms with E-state index in [4.69, 9.17) is 11.6 Å². The highest BCUT2D eigenvalue weighted by atomic mass is 35.5. The molecule has 1 saturated carbocycles.